The van der Waals surface area contributed by atoms with Gasteiger partial charge in [0.1, 0.15) is 17.5 Å². The predicted octanol–water partition coefficient (Wildman–Crippen LogP) is 3.64. The summed E-state index contributed by atoms with van der Waals surface area (Å²) in [5, 5.41) is 10.4. The van der Waals surface area contributed by atoms with Gasteiger partial charge in [0.05, 0.1) is 10.6 Å². The molecule has 2 aromatic rings. The normalized spacial score (nSPS) is 14.0. The van der Waals surface area contributed by atoms with Gasteiger partial charge in [-0.15, -0.1) is 0 Å². The number of hydrogen-bond acceptors (Lipinski definition) is 2. The molecule has 21 heavy (non-hydrogen) atoms. The minimum atomic E-state index is -1.13. The molecule has 0 aromatic heterocycles. The maximum Gasteiger partial charge on any atom is 0.137 e. The van der Waals surface area contributed by atoms with E-state index in [0.717, 1.165) is 12.1 Å². The summed E-state index contributed by atoms with van der Waals surface area (Å²) < 4.78 is 40.2. The van der Waals surface area contributed by atoms with Crippen molar-refractivity contribution < 1.29 is 18.3 Å². The van der Waals surface area contributed by atoms with E-state index in [1.807, 2.05) is 0 Å². The van der Waals surface area contributed by atoms with Crippen LogP contribution in [0.3, 0.4) is 0 Å². The van der Waals surface area contributed by atoms with Gasteiger partial charge in [0.15, 0.2) is 0 Å². The molecule has 0 heterocycles. The van der Waals surface area contributed by atoms with E-state index in [2.05, 4.69) is 15.9 Å². The summed E-state index contributed by atoms with van der Waals surface area (Å²) in [5.41, 5.74) is 6.12. The number of aliphatic hydroxyl groups excluding tert-OH is 1. The van der Waals surface area contributed by atoms with E-state index in [9.17, 15) is 18.3 Å². The van der Waals surface area contributed by atoms with Crippen LogP contribution in [0.2, 0.25) is 0 Å². The van der Waals surface area contributed by atoms with Crippen LogP contribution in [0.5, 0.6) is 0 Å². The molecule has 112 valence electrons. The van der Waals surface area contributed by atoms with E-state index in [1.54, 1.807) is 0 Å². The lowest BCUT2D eigenvalue weighted by Gasteiger charge is -2.23. The first kappa shape index (κ1) is 16.0. The number of aliphatic hydroxyl groups is 1. The summed E-state index contributed by atoms with van der Waals surface area (Å²) in [6, 6.07) is 7.10. The monoisotopic (exact) mass is 359 g/mol. The Balaban J connectivity index is 2.37. The van der Waals surface area contributed by atoms with Crippen LogP contribution in [0.25, 0.3) is 0 Å². The molecule has 0 saturated carbocycles. The highest BCUT2D eigenvalue weighted by Crippen LogP contribution is 2.33. The zero-order chi connectivity index (χ0) is 15.6. The van der Waals surface area contributed by atoms with Crippen molar-refractivity contribution in [2.45, 2.75) is 12.0 Å². The fourth-order valence-electron chi connectivity index (χ4n) is 2.16. The number of halogens is 4. The van der Waals surface area contributed by atoms with E-state index in [-0.39, 0.29) is 16.6 Å². The van der Waals surface area contributed by atoms with E-state index >= 15 is 0 Å². The Bertz CT molecular complexity index is 651. The molecule has 2 unspecified atom stereocenters. The summed E-state index contributed by atoms with van der Waals surface area (Å²) in [6.45, 7) is -0.0429. The molecule has 0 fully saturated rings. The fourth-order valence-corrected chi connectivity index (χ4v) is 2.55. The molecule has 0 aliphatic heterocycles. The topological polar surface area (TPSA) is 46.2 Å². The van der Waals surface area contributed by atoms with Crippen LogP contribution < -0.4 is 5.73 Å². The molecule has 0 spiro atoms. The van der Waals surface area contributed by atoms with Gasteiger partial charge in [-0.05, 0) is 45.3 Å². The van der Waals surface area contributed by atoms with Crippen LogP contribution in [0, 0.1) is 17.5 Å². The number of hydrogen-bond donors (Lipinski definition) is 2. The van der Waals surface area contributed by atoms with Crippen molar-refractivity contribution in [3.05, 3.63) is 69.4 Å². The second-order valence-electron chi connectivity index (χ2n) is 4.63. The molecule has 0 amide bonds. The molecular weight excluding hydrogens is 347 g/mol. The van der Waals surface area contributed by atoms with E-state index in [1.165, 1.54) is 24.3 Å². The molecule has 2 nitrogen and oxygen atoms in total. The average molecular weight is 360 g/mol. The zero-order valence-electron chi connectivity index (χ0n) is 10.9. The van der Waals surface area contributed by atoms with Gasteiger partial charge in [-0.2, -0.15) is 0 Å². The third-order valence-corrected chi connectivity index (χ3v) is 3.89. The first-order valence-electron chi connectivity index (χ1n) is 6.22. The molecule has 0 bridgehead atoms. The Morgan fingerprint density at radius 3 is 2.33 bits per heavy atom. The zero-order valence-corrected chi connectivity index (χ0v) is 12.4. The van der Waals surface area contributed by atoms with Crippen molar-refractivity contribution in [1.29, 1.82) is 0 Å². The van der Waals surface area contributed by atoms with Crippen LogP contribution in [-0.4, -0.2) is 11.7 Å². The average Bonchev–Trinajstić information content (AvgIpc) is 2.44. The maximum atomic E-state index is 13.8. The summed E-state index contributed by atoms with van der Waals surface area (Å²) >= 11 is 3.02. The van der Waals surface area contributed by atoms with Crippen molar-refractivity contribution in [2.24, 2.45) is 5.73 Å². The van der Waals surface area contributed by atoms with E-state index in [0.29, 0.717) is 5.56 Å². The largest absolute Gasteiger partial charge is 0.388 e. The molecule has 0 aliphatic rings. The highest BCUT2D eigenvalue weighted by atomic mass is 79.9. The Kier molecular flexibility index (Phi) is 5.03. The maximum absolute atomic E-state index is 13.8. The molecule has 2 rings (SSSR count). The SMILES string of the molecule is NCC(c1ccc(F)cc1F)C(O)c1ccc(F)c(Br)c1. The molecule has 3 N–H and O–H groups in total. The van der Waals surface area contributed by atoms with Gasteiger partial charge < -0.3 is 10.8 Å². The highest BCUT2D eigenvalue weighted by molar-refractivity contribution is 9.10. The molecule has 0 radical (unpaired) electrons. The lowest BCUT2D eigenvalue weighted by Crippen LogP contribution is -2.21. The number of rotatable bonds is 4. The van der Waals surface area contributed by atoms with E-state index < -0.39 is 29.5 Å². The first-order chi connectivity index (χ1) is 9.93. The van der Waals surface area contributed by atoms with Gasteiger partial charge in [0, 0.05) is 18.5 Å². The Morgan fingerprint density at radius 1 is 1.05 bits per heavy atom. The molecule has 2 aromatic carbocycles. The van der Waals surface area contributed by atoms with Crippen molar-refractivity contribution in [3.8, 4) is 0 Å². The highest BCUT2D eigenvalue weighted by Gasteiger charge is 2.25. The van der Waals surface area contributed by atoms with Crippen LogP contribution in [0.15, 0.2) is 40.9 Å². The van der Waals surface area contributed by atoms with Gasteiger partial charge in [-0.1, -0.05) is 12.1 Å². The molecule has 2 atom stereocenters. The molecule has 6 heteroatoms. The van der Waals surface area contributed by atoms with Crippen molar-refractivity contribution in [3.63, 3.8) is 0 Å². The number of benzene rings is 2. The van der Waals surface area contributed by atoms with Crippen LogP contribution >= 0.6 is 15.9 Å². The van der Waals surface area contributed by atoms with Crippen molar-refractivity contribution in [1.82, 2.24) is 0 Å². The fraction of sp³-hybridized carbons (Fsp3) is 0.200. The molecule has 0 saturated heterocycles. The first-order valence-corrected chi connectivity index (χ1v) is 7.01. The van der Waals surface area contributed by atoms with Crippen LogP contribution in [0.4, 0.5) is 13.2 Å². The van der Waals surface area contributed by atoms with Gasteiger partial charge >= 0.3 is 0 Å². The summed E-state index contributed by atoms with van der Waals surface area (Å²) in [4.78, 5) is 0. The summed E-state index contributed by atoms with van der Waals surface area (Å²) in [6.07, 6.45) is -1.13. The summed E-state index contributed by atoms with van der Waals surface area (Å²) in [7, 11) is 0. The van der Waals surface area contributed by atoms with Crippen LogP contribution in [0.1, 0.15) is 23.1 Å². The predicted molar refractivity (Wildman–Crippen MR) is 77.2 cm³/mol. The van der Waals surface area contributed by atoms with Gasteiger partial charge in [-0.3, -0.25) is 0 Å². The Hall–Kier alpha value is -1.37. The number of nitrogens with two attached hydrogens (primary N) is 1. The summed E-state index contributed by atoms with van der Waals surface area (Å²) in [5.74, 6) is -2.71. The van der Waals surface area contributed by atoms with Gasteiger partial charge in [0.25, 0.3) is 0 Å². The minimum Gasteiger partial charge on any atom is -0.388 e. The Labute approximate surface area is 128 Å². The lowest BCUT2D eigenvalue weighted by atomic mass is 9.89. The van der Waals surface area contributed by atoms with E-state index in [4.69, 9.17) is 5.73 Å². The minimum absolute atomic E-state index is 0.0429. The Morgan fingerprint density at radius 2 is 1.76 bits per heavy atom. The second-order valence-corrected chi connectivity index (χ2v) is 5.48. The van der Waals surface area contributed by atoms with Crippen LogP contribution in [-0.2, 0) is 0 Å². The third-order valence-electron chi connectivity index (χ3n) is 3.28. The standard InChI is InChI=1S/C15H13BrF3NO/c16-12-5-8(1-4-13(12)18)15(21)11(7-20)10-3-2-9(17)6-14(10)19/h1-6,11,15,21H,7,20H2. The van der Waals surface area contributed by atoms with Crippen molar-refractivity contribution in [2.75, 3.05) is 6.54 Å². The van der Waals surface area contributed by atoms with Gasteiger partial charge in [0.2, 0.25) is 0 Å². The lowest BCUT2D eigenvalue weighted by molar-refractivity contribution is 0.145. The quantitative estimate of drug-likeness (QED) is 0.875. The van der Waals surface area contributed by atoms with Crippen molar-refractivity contribution >= 4 is 15.9 Å². The third kappa shape index (κ3) is 3.45. The second kappa shape index (κ2) is 6.60. The molecule has 0 aliphatic carbocycles. The molecular formula is C15H13BrF3NO. The smallest absolute Gasteiger partial charge is 0.137 e. The van der Waals surface area contributed by atoms with Gasteiger partial charge in [-0.25, -0.2) is 13.2 Å².